The van der Waals surface area contributed by atoms with Gasteiger partial charge in [0, 0.05) is 12.3 Å². The van der Waals surface area contributed by atoms with Crippen molar-refractivity contribution in [2.45, 2.75) is 11.8 Å². The number of fused-ring (bicyclic) bond motifs is 1. The van der Waals surface area contributed by atoms with Crippen molar-refractivity contribution < 1.29 is 13.3 Å². The molecule has 0 saturated carbocycles. The van der Waals surface area contributed by atoms with E-state index in [4.69, 9.17) is 0 Å². The summed E-state index contributed by atoms with van der Waals surface area (Å²) >= 11 is 0. The summed E-state index contributed by atoms with van der Waals surface area (Å²) in [5.41, 5.74) is 0.745. The minimum absolute atomic E-state index is 0.1000. The summed E-state index contributed by atoms with van der Waals surface area (Å²) < 4.78 is 26.6. The summed E-state index contributed by atoms with van der Waals surface area (Å²) in [5.74, 6) is 0. The molecule has 0 unspecified atom stereocenters. The molecular formula is C15H12N2O4S. The van der Waals surface area contributed by atoms with Gasteiger partial charge in [-0.1, -0.05) is 24.3 Å². The van der Waals surface area contributed by atoms with Crippen molar-refractivity contribution in [3.8, 4) is 0 Å². The zero-order valence-electron chi connectivity index (χ0n) is 11.6. The summed E-state index contributed by atoms with van der Waals surface area (Å²) in [7, 11) is -3.79. The zero-order chi connectivity index (χ0) is 15.9. The van der Waals surface area contributed by atoms with E-state index in [1.807, 2.05) is 0 Å². The highest BCUT2D eigenvalue weighted by atomic mass is 32.2. The average molecular weight is 316 g/mol. The molecule has 0 spiro atoms. The van der Waals surface area contributed by atoms with Gasteiger partial charge < -0.3 is 0 Å². The molecule has 0 amide bonds. The minimum atomic E-state index is -3.79. The first kappa shape index (κ1) is 14.3. The van der Waals surface area contributed by atoms with Crippen LogP contribution in [0.15, 0.2) is 59.6 Å². The Kier molecular flexibility index (Phi) is 3.22. The van der Waals surface area contributed by atoms with Gasteiger partial charge in [0.15, 0.2) is 0 Å². The molecule has 22 heavy (non-hydrogen) atoms. The maximum Gasteiger partial charge on any atom is 0.279 e. The molecule has 6 nitrogen and oxygen atoms in total. The molecule has 1 aromatic heterocycles. The van der Waals surface area contributed by atoms with Crippen LogP contribution in [0.5, 0.6) is 0 Å². The maximum atomic E-state index is 12.7. The van der Waals surface area contributed by atoms with Gasteiger partial charge in [-0.2, -0.15) is 0 Å². The zero-order valence-corrected chi connectivity index (χ0v) is 12.4. The smallest absolute Gasteiger partial charge is 0.258 e. The number of benzene rings is 2. The molecule has 0 fully saturated rings. The molecule has 112 valence electrons. The summed E-state index contributed by atoms with van der Waals surface area (Å²) in [6, 6.07) is 12.4. The number of nitrogens with zero attached hydrogens (tertiary/aromatic N) is 2. The third kappa shape index (κ3) is 2.06. The molecule has 3 aromatic rings. The number of nitro benzene ring substituents is 1. The highest BCUT2D eigenvalue weighted by molar-refractivity contribution is 7.90. The predicted molar refractivity (Wildman–Crippen MR) is 82.4 cm³/mol. The van der Waals surface area contributed by atoms with Gasteiger partial charge in [0.05, 0.1) is 20.7 Å². The Balaban J connectivity index is 2.35. The fraction of sp³-hybridized carbons (Fsp3) is 0.0667. The molecule has 0 radical (unpaired) electrons. The molecule has 0 N–H and O–H groups in total. The topological polar surface area (TPSA) is 82.2 Å². The van der Waals surface area contributed by atoms with Crippen molar-refractivity contribution in [1.29, 1.82) is 0 Å². The summed E-state index contributed by atoms with van der Waals surface area (Å²) in [6.45, 7) is 1.66. The monoisotopic (exact) mass is 316 g/mol. The standard InChI is InChI=1S/C15H12N2O4S/c1-11-10-16(22(20,21)12-6-3-2-4-7-12)13-8-5-9-14(15(11)13)17(18)19/h2-10H,1H3. The Bertz CT molecular complexity index is 975. The van der Waals surface area contributed by atoms with Crippen LogP contribution in [-0.4, -0.2) is 17.3 Å². The lowest BCUT2D eigenvalue weighted by Crippen LogP contribution is -2.11. The lowest BCUT2D eigenvalue weighted by Gasteiger charge is -2.07. The summed E-state index contributed by atoms with van der Waals surface area (Å²) in [4.78, 5) is 10.8. The van der Waals surface area contributed by atoms with Gasteiger partial charge in [-0.15, -0.1) is 0 Å². The summed E-state index contributed by atoms with van der Waals surface area (Å²) in [5, 5.41) is 11.5. The Labute approximate surface area is 126 Å². The van der Waals surface area contributed by atoms with Crippen LogP contribution in [0, 0.1) is 17.0 Å². The van der Waals surface area contributed by atoms with Gasteiger partial charge in [-0.05, 0) is 30.7 Å². The van der Waals surface area contributed by atoms with Crippen LogP contribution >= 0.6 is 0 Å². The largest absolute Gasteiger partial charge is 0.279 e. The highest BCUT2D eigenvalue weighted by Crippen LogP contribution is 2.32. The van der Waals surface area contributed by atoms with Gasteiger partial charge >= 0.3 is 0 Å². The Morgan fingerprint density at radius 2 is 1.73 bits per heavy atom. The van der Waals surface area contributed by atoms with Crippen molar-refractivity contribution >= 4 is 26.6 Å². The van der Waals surface area contributed by atoms with E-state index in [0.29, 0.717) is 16.5 Å². The third-order valence-corrected chi connectivity index (χ3v) is 5.15. The molecule has 2 aromatic carbocycles. The number of hydrogen-bond donors (Lipinski definition) is 0. The van der Waals surface area contributed by atoms with Crippen LogP contribution in [0.25, 0.3) is 10.9 Å². The fourth-order valence-corrected chi connectivity index (χ4v) is 3.92. The lowest BCUT2D eigenvalue weighted by atomic mass is 10.1. The second-order valence-electron chi connectivity index (χ2n) is 4.85. The Morgan fingerprint density at radius 1 is 1.05 bits per heavy atom. The molecule has 1 heterocycles. The second-order valence-corrected chi connectivity index (χ2v) is 6.67. The second kappa shape index (κ2) is 4.96. The number of hydrogen-bond acceptors (Lipinski definition) is 4. The number of non-ortho nitro benzene ring substituents is 1. The van der Waals surface area contributed by atoms with E-state index in [2.05, 4.69) is 0 Å². The highest BCUT2D eigenvalue weighted by Gasteiger charge is 2.24. The summed E-state index contributed by atoms with van der Waals surface area (Å²) in [6.07, 6.45) is 1.42. The average Bonchev–Trinajstić information content (AvgIpc) is 2.86. The van der Waals surface area contributed by atoms with E-state index in [0.717, 1.165) is 3.97 Å². The number of aromatic nitrogens is 1. The van der Waals surface area contributed by atoms with Crippen molar-refractivity contribution in [1.82, 2.24) is 3.97 Å². The Hall–Kier alpha value is -2.67. The molecule has 0 aliphatic heterocycles. The van der Waals surface area contributed by atoms with E-state index < -0.39 is 14.9 Å². The van der Waals surface area contributed by atoms with Crippen molar-refractivity contribution in [2.24, 2.45) is 0 Å². The molecule has 0 saturated heterocycles. The quantitative estimate of drug-likeness (QED) is 0.549. The van der Waals surface area contributed by atoms with Crippen LogP contribution in [0.1, 0.15) is 5.56 Å². The van der Waals surface area contributed by atoms with Crippen LogP contribution in [-0.2, 0) is 10.0 Å². The normalized spacial score (nSPS) is 11.7. The Morgan fingerprint density at radius 3 is 2.36 bits per heavy atom. The van der Waals surface area contributed by atoms with Gasteiger partial charge in [-0.25, -0.2) is 12.4 Å². The van der Waals surface area contributed by atoms with E-state index in [1.54, 1.807) is 31.2 Å². The minimum Gasteiger partial charge on any atom is -0.258 e. The SMILES string of the molecule is Cc1cn(S(=O)(=O)c2ccccc2)c2cccc([N+](=O)[O-])c12. The molecular weight excluding hydrogens is 304 g/mol. The lowest BCUT2D eigenvalue weighted by molar-refractivity contribution is -0.383. The predicted octanol–water partition coefficient (Wildman–Crippen LogP) is 3.09. The molecule has 3 rings (SSSR count). The number of nitro groups is 1. The molecule has 0 atom stereocenters. The molecule has 0 bridgehead atoms. The van der Waals surface area contributed by atoms with Crippen molar-refractivity contribution in [3.05, 3.63) is 70.4 Å². The van der Waals surface area contributed by atoms with Crippen LogP contribution in [0.4, 0.5) is 5.69 Å². The van der Waals surface area contributed by atoms with Gasteiger partial charge in [-0.3, -0.25) is 10.1 Å². The molecule has 7 heteroatoms. The van der Waals surface area contributed by atoms with E-state index in [1.165, 1.54) is 30.5 Å². The van der Waals surface area contributed by atoms with Gasteiger partial charge in [0.1, 0.15) is 0 Å². The first-order valence-corrected chi connectivity index (χ1v) is 7.92. The van der Waals surface area contributed by atoms with Crippen molar-refractivity contribution in [3.63, 3.8) is 0 Å². The van der Waals surface area contributed by atoms with E-state index in [-0.39, 0.29) is 10.6 Å². The molecule has 0 aliphatic carbocycles. The van der Waals surface area contributed by atoms with Crippen LogP contribution in [0.2, 0.25) is 0 Å². The maximum absolute atomic E-state index is 12.7. The number of aryl methyl sites for hydroxylation is 1. The number of rotatable bonds is 3. The fourth-order valence-electron chi connectivity index (χ4n) is 2.48. The first-order chi connectivity index (χ1) is 10.4. The van der Waals surface area contributed by atoms with E-state index >= 15 is 0 Å². The molecule has 0 aliphatic rings. The van der Waals surface area contributed by atoms with Crippen molar-refractivity contribution in [2.75, 3.05) is 0 Å². The van der Waals surface area contributed by atoms with Crippen LogP contribution in [0.3, 0.4) is 0 Å². The first-order valence-electron chi connectivity index (χ1n) is 6.48. The van der Waals surface area contributed by atoms with E-state index in [9.17, 15) is 18.5 Å². The van der Waals surface area contributed by atoms with Gasteiger partial charge in [0.2, 0.25) is 0 Å². The van der Waals surface area contributed by atoms with Gasteiger partial charge in [0.25, 0.3) is 15.7 Å². The van der Waals surface area contributed by atoms with Crippen LogP contribution < -0.4 is 0 Å². The third-order valence-electron chi connectivity index (χ3n) is 3.46.